The van der Waals surface area contributed by atoms with Crippen molar-refractivity contribution in [1.82, 2.24) is 4.57 Å². The summed E-state index contributed by atoms with van der Waals surface area (Å²) in [5.74, 6) is 0. The van der Waals surface area contributed by atoms with Gasteiger partial charge >= 0.3 is 0 Å². The molecule has 0 unspecified atom stereocenters. The average Bonchev–Trinajstić information content (AvgIpc) is 2.98. The fourth-order valence-electron chi connectivity index (χ4n) is 7.83. The Kier molecular flexibility index (Phi) is 6.16. The van der Waals surface area contributed by atoms with Gasteiger partial charge in [-0.2, -0.15) is 0 Å². The first-order chi connectivity index (χ1) is 22.8. The molecule has 0 N–H and O–H groups in total. The SMILES string of the molecule is CC(C)(C)c1ccc2c(c1)S(=O)(=O)c1cc(C(C)(C)C)c3c(=O)c4cc(C(C)(C)C)cc5c4n4c3c1N2c1cc(C(C)(C)C)cc(c1-4)S5(=O)=O. The van der Waals surface area contributed by atoms with E-state index in [1.807, 2.05) is 117 Å². The van der Waals surface area contributed by atoms with Crippen molar-refractivity contribution in [1.29, 1.82) is 0 Å². The summed E-state index contributed by atoms with van der Waals surface area (Å²) in [4.78, 5) is 17.5. The molecule has 0 saturated heterocycles. The Morgan fingerprint density at radius 1 is 0.500 bits per heavy atom. The van der Waals surface area contributed by atoms with Crippen LogP contribution in [0.2, 0.25) is 0 Å². The minimum atomic E-state index is -4.15. The zero-order valence-corrected chi connectivity index (χ0v) is 32.5. The Balaban J connectivity index is 1.74. The molecule has 0 fully saturated rings. The van der Waals surface area contributed by atoms with Crippen molar-refractivity contribution >= 4 is 58.5 Å². The van der Waals surface area contributed by atoms with E-state index >= 15 is 13.2 Å². The maximum atomic E-state index is 15.1. The molecule has 0 amide bonds. The van der Waals surface area contributed by atoms with E-state index in [1.165, 1.54) is 0 Å². The summed E-state index contributed by atoms with van der Waals surface area (Å²) >= 11 is 0. The van der Waals surface area contributed by atoms with Crippen molar-refractivity contribution in [3.05, 3.63) is 81.0 Å². The summed E-state index contributed by atoms with van der Waals surface area (Å²) in [5.41, 5.74) is 3.43. The summed E-state index contributed by atoms with van der Waals surface area (Å²) in [6, 6.07) is 14.6. The van der Waals surface area contributed by atoms with Crippen LogP contribution < -0.4 is 10.3 Å². The van der Waals surface area contributed by atoms with Crippen LogP contribution in [0, 0.1) is 0 Å². The van der Waals surface area contributed by atoms with E-state index < -0.39 is 35.9 Å². The number of sulfone groups is 2. The summed E-state index contributed by atoms with van der Waals surface area (Å²) < 4.78 is 62.0. The summed E-state index contributed by atoms with van der Waals surface area (Å²) in [7, 11) is -8.25. The quantitative estimate of drug-likeness (QED) is 0.146. The first kappa shape index (κ1) is 33.2. The van der Waals surface area contributed by atoms with Crippen LogP contribution in [0.25, 0.3) is 27.5 Å². The van der Waals surface area contributed by atoms with Crippen LogP contribution in [0.4, 0.5) is 17.1 Å². The molecule has 9 heteroatoms. The van der Waals surface area contributed by atoms with Gasteiger partial charge in [-0.05, 0) is 86.4 Å². The third-order valence-corrected chi connectivity index (χ3v) is 14.3. The largest absolute Gasteiger partial charge is 0.304 e. The molecule has 3 aliphatic rings. The first-order valence-electron chi connectivity index (χ1n) is 17.2. The van der Waals surface area contributed by atoms with Crippen LogP contribution in [0.15, 0.2) is 72.9 Å². The molecule has 0 bridgehead atoms. The Labute approximate surface area is 294 Å². The van der Waals surface area contributed by atoms with Gasteiger partial charge in [0.25, 0.3) is 0 Å². The van der Waals surface area contributed by atoms with E-state index in [9.17, 15) is 8.42 Å². The van der Waals surface area contributed by atoms with Gasteiger partial charge in [0.1, 0.15) is 0 Å². The number of pyridine rings is 1. The Hall–Kier alpha value is -3.95. The second kappa shape index (κ2) is 9.28. The lowest BCUT2D eigenvalue weighted by atomic mass is 9.81. The predicted octanol–water partition coefficient (Wildman–Crippen LogP) is 9.41. The lowest BCUT2D eigenvalue weighted by Gasteiger charge is -2.43. The predicted molar refractivity (Wildman–Crippen MR) is 201 cm³/mol. The molecular weight excluding hydrogens is 665 g/mol. The fourth-order valence-corrected chi connectivity index (χ4v) is 11.2. The third-order valence-electron chi connectivity index (χ3n) is 10.7. The monoisotopic (exact) mass is 708 g/mol. The molecule has 0 spiro atoms. The first-order valence-corrected chi connectivity index (χ1v) is 20.1. The van der Waals surface area contributed by atoms with E-state index in [0.29, 0.717) is 50.1 Å². The zero-order chi connectivity index (χ0) is 36.6. The van der Waals surface area contributed by atoms with E-state index in [1.54, 1.807) is 24.3 Å². The minimum absolute atomic E-state index is 0.0701. The van der Waals surface area contributed by atoms with Gasteiger partial charge in [0.15, 0.2) is 5.43 Å². The Morgan fingerprint density at radius 3 is 1.60 bits per heavy atom. The maximum absolute atomic E-state index is 15.1. The summed E-state index contributed by atoms with van der Waals surface area (Å²) in [6.45, 7) is 24.2. The zero-order valence-electron chi connectivity index (χ0n) is 30.9. The number of benzene rings is 4. The van der Waals surface area contributed by atoms with Crippen molar-refractivity contribution < 1.29 is 16.8 Å². The summed E-state index contributed by atoms with van der Waals surface area (Å²) in [6.07, 6.45) is 0. The van der Waals surface area contributed by atoms with Crippen LogP contribution in [0.3, 0.4) is 0 Å². The van der Waals surface area contributed by atoms with Crippen LogP contribution in [0.5, 0.6) is 0 Å². The molecule has 0 radical (unpaired) electrons. The molecule has 0 atom stereocenters. The molecule has 260 valence electrons. The molecule has 1 aromatic heterocycles. The van der Waals surface area contributed by atoms with Crippen molar-refractivity contribution in [2.45, 2.75) is 124 Å². The van der Waals surface area contributed by atoms with Crippen LogP contribution >= 0.6 is 0 Å². The highest BCUT2D eigenvalue weighted by atomic mass is 32.2. The molecule has 50 heavy (non-hydrogen) atoms. The normalized spacial score (nSPS) is 17.1. The second-order valence-corrected chi connectivity index (χ2v) is 22.2. The highest BCUT2D eigenvalue weighted by molar-refractivity contribution is 7.92. The molecule has 0 saturated carbocycles. The maximum Gasteiger partial charge on any atom is 0.210 e. The highest BCUT2D eigenvalue weighted by Gasteiger charge is 2.47. The lowest BCUT2D eigenvalue weighted by Crippen LogP contribution is -2.34. The van der Waals surface area contributed by atoms with Crippen molar-refractivity contribution in [2.24, 2.45) is 0 Å². The number of fused-ring (bicyclic) bond motifs is 3. The highest BCUT2D eigenvalue weighted by Crippen LogP contribution is 2.60. The van der Waals surface area contributed by atoms with Gasteiger partial charge in [0.05, 0.1) is 58.8 Å². The van der Waals surface area contributed by atoms with E-state index in [4.69, 9.17) is 0 Å². The van der Waals surface area contributed by atoms with Gasteiger partial charge in [-0.25, -0.2) is 16.8 Å². The molecule has 4 heterocycles. The standard InChI is InChI=1S/C41H44N2O5S2/c1-38(2,3)21-13-14-26-28(17-21)49(45,46)31-20-25(41(10,11)12)32-36-35(31)42(26)27-16-23(40(7,8)9)19-30-34(27)43(36)33-24(37(32)44)15-22(39(4,5)6)18-29(33)50(30,47)48/h13-20H,1-12H3. The van der Waals surface area contributed by atoms with Crippen molar-refractivity contribution in [3.63, 3.8) is 0 Å². The van der Waals surface area contributed by atoms with Crippen molar-refractivity contribution in [3.8, 4) is 5.69 Å². The molecule has 3 aliphatic heterocycles. The molecule has 4 aromatic carbocycles. The number of hydrogen-bond acceptors (Lipinski definition) is 6. The third kappa shape index (κ3) is 4.10. The molecule has 0 aliphatic carbocycles. The van der Waals surface area contributed by atoms with E-state index in [2.05, 4.69) is 0 Å². The lowest BCUT2D eigenvalue weighted by molar-refractivity contribution is 0.576. The van der Waals surface area contributed by atoms with Gasteiger partial charge < -0.3 is 9.47 Å². The van der Waals surface area contributed by atoms with E-state index in [-0.39, 0.29) is 30.4 Å². The van der Waals surface area contributed by atoms with Gasteiger partial charge in [0.2, 0.25) is 19.7 Å². The van der Waals surface area contributed by atoms with Crippen LogP contribution in [0.1, 0.15) is 105 Å². The molecule has 8 rings (SSSR count). The van der Waals surface area contributed by atoms with Crippen LogP contribution in [-0.2, 0) is 41.3 Å². The smallest absolute Gasteiger partial charge is 0.210 e. The number of aromatic nitrogens is 1. The fraction of sp³-hybridized carbons (Fsp3) is 0.390. The van der Waals surface area contributed by atoms with Gasteiger partial charge in [-0.1, -0.05) is 89.2 Å². The number of nitrogens with zero attached hydrogens (tertiary/aromatic N) is 2. The van der Waals surface area contributed by atoms with Crippen molar-refractivity contribution in [2.75, 3.05) is 4.90 Å². The number of rotatable bonds is 0. The van der Waals surface area contributed by atoms with Gasteiger partial charge in [0, 0.05) is 5.39 Å². The average molecular weight is 709 g/mol. The minimum Gasteiger partial charge on any atom is -0.304 e. The number of anilines is 3. The molecular formula is C41H44N2O5S2. The molecule has 5 aromatic rings. The van der Waals surface area contributed by atoms with Gasteiger partial charge in [-0.3, -0.25) is 4.79 Å². The topological polar surface area (TPSA) is 93.5 Å². The summed E-state index contributed by atoms with van der Waals surface area (Å²) in [5, 5.41) is 0.722. The van der Waals surface area contributed by atoms with Crippen LogP contribution in [-0.4, -0.2) is 21.4 Å². The Morgan fingerprint density at radius 2 is 1.02 bits per heavy atom. The van der Waals surface area contributed by atoms with E-state index in [0.717, 1.165) is 16.7 Å². The second-order valence-electron chi connectivity index (χ2n) is 18.4. The van der Waals surface area contributed by atoms with Gasteiger partial charge in [-0.15, -0.1) is 0 Å². The Bertz CT molecular complexity index is 2730. The molecule has 7 nitrogen and oxygen atoms in total. The number of hydrogen-bond donors (Lipinski definition) is 0.